The number of benzene rings is 3. The van der Waals surface area contributed by atoms with Crippen LogP contribution in [0.4, 0.5) is 17.1 Å². The van der Waals surface area contributed by atoms with E-state index in [4.69, 9.17) is 9.47 Å². The summed E-state index contributed by atoms with van der Waals surface area (Å²) >= 11 is 0. The number of amides is 3. The summed E-state index contributed by atoms with van der Waals surface area (Å²) in [5, 5.41) is 5.25. The van der Waals surface area contributed by atoms with Crippen molar-refractivity contribution in [2.45, 2.75) is 20.3 Å². The molecule has 2 N–H and O–H groups in total. The molecule has 0 spiro atoms. The Hall–Kier alpha value is -4.66. The summed E-state index contributed by atoms with van der Waals surface area (Å²) in [6.45, 7) is 3.10. The molecule has 0 saturated carbocycles. The second kappa shape index (κ2) is 11.4. The molecule has 1 aliphatic heterocycles. The van der Waals surface area contributed by atoms with Gasteiger partial charge in [-0.2, -0.15) is 0 Å². The first-order valence-electron chi connectivity index (χ1n) is 11.8. The van der Waals surface area contributed by atoms with Crippen LogP contribution in [-0.2, 0) is 23.9 Å². The van der Waals surface area contributed by atoms with Crippen molar-refractivity contribution in [3.05, 3.63) is 78.4 Å². The molecule has 190 valence electrons. The molecule has 0 aliphatic carbocycles. The zero-order valence-corrected chi connectivity index (χ0v) is 20.5. The predicted molar refractivity (Wildman–Crippen MR) is 138 cm³/mol. The first-order valence-corrected chi connectivity index (χ1v) is 11.8. The molecule has 4 rings (SSSR count). The van der Waals surface area contributed by atoms with Crippen molar-refractivity contribution in [3.8, 4) is 11.5 Å². The Kier molecular flexibility index (Phi) is 7.83. The number of carbonyl (C=O) groups is 4. The predicted octanol–water partition coefficient (Wildman–Crippen LogP) is 4.28. The number of esters is 1. The summed E-state index contributed by atoms with van der Waals surface area (Å²) in [7, 11) is 0. The first-order chi connectivity index (χ1) is 17.8. The summed E-state index contributed by atoms with van der Waals surface area (Å²) in [5.41, 5.74) is 2.88. The van der Waals surface area contributed by atoms with Crippen LogP contribution in [-0.4, -0.2) is 36.8 Å². The minimum atomic E-state index is -0.666. The fraction of sp³-hybridized carbons (Fsp3) is 0.214. The molecule has 3 aromatic carbocycles. The highest BCUT2D eigenvalue weighted by Crippen LogP contribution is 2.29. The van der Waals surface area contributed by atoms with Gasteiger partial charge in [0.05, 0.1) is 5.92 Å². The van der Waals surface area contributed by atoms with E-state index >= 15 is 0 Å². The van der Waals surface area contributed by atoms with E-state index in [1.165, 1.54) is 11.8 Å². The van der Waals surface area contributed by atoms with E-state index in [2.05, 4.69) is 10.6 Å². The van der Waals surface area contributed by atoms with Crippen LogP contribution in [0.25, 0.3) is 0 Å². The minimum absolute atomic E-state index is 0.00663. The molecule has 1 heterocycles. The van der Waals surface area contributed by atoms with Gasteiger partial charge in [0.1, 0.15) is 11.5 Å². The fourth-order valence-electron chi connectivity index (χ4n) is 3.84. The van der Waals surface area contributed by atoms with E-state index in [-0.39, 0.29) is 24.8 Å². The van der Waals surface area contributed by atoms with Crippen molar-refractivity contribution < 1.29 is 28.7 Å². The van der Waals surface area contributed by atoms with Crippen molar-refractivity contribution in [2.24, 2.45) is 5.92 Å². The molecule has 1 fully saturated rings. The molecule has 3 aromatic rings. The van der Waals surface area contributed by atoms with Crippen LogP contribution in [0.2, 0.25) is 0 Å². The lowest BCUT2D eigenvalue weighted by Crippen LogP contribution is -2.28. The number of nitrogens with zero attached hydrogens (tertiary/aromatic N) is 1. The molecule has 9 heteroatoms. The van der Waals surface area contributed by atoms with Gasteiger partial charge in [-0.25, -0.2) is 0 Å². The maximum atomic E-state index is 12.6. The Morgan fingerprint density at radius 3 is 2.03 bits per heavy atom. The van der Waals surface area contributed by atoms with Crippen LogP contribution in [0.15, 0.2) is 72.8 Å². The van der Waals surface area contributed by atoms with Gasteiger partial charge in [0.2, 0.25) is 11.8 Å². The van der Waals surface area contributed by atoms with E-state index in [0.717, 1.165) is 5.56 Å². The van der Waals surface area contributed by atoms with Gasteiger partial charge < -0.3 is 25.0 Å². The average molecular weight is 502 g/mol. The Labute approximate surface area is 214 Å². The Bertz CT molecular complexity index is 1290. The van der Waals surface area contributed by atoms with Gasteiger partial charge in [0.25, 0.3) is 5.91 Å². The lowest BCUT2D eigenvalue weighted by atomic mass is 10.1. The van der Waals surface area contributed by atoms with E-state index in [0.29, 0.717) is 28.6 Å². The molecule has 3 amide bonds. The zero-order chi connectivity index (χ0) is 26.4. The van der Waals surface area contributed by atoms with Crippen molar-refractivity contribution >= 4 is 40.8 Å². The lowest BCUT2D eigenvalue weighted by Gasteiger charge is -2.17. The highest BCUT2D eigenvalue weighted by atomic mass is 16.5. The Morgan fingerprint density at radius 1 is 0.865 bits per heavy atom. The lowest BCUT2D eigenvalue weighted by molar-refractivity contribution is -0.151. The largest absolute Gasteiger partial charge is 0.457 e. The number of nitrogens with one attached hydrogen (secondary N) is 2. The normalized spacial score (nSPS) is 14.7. The highest BCUT2D eigenvalue weighted by molar-refractivity contribution is 6.00. The third-order valence-corrected chi connectivity index (χ3v) is 5.70. The van der Waals surface area contributed by atoms with E-state index in [1.54, 1.807) is 48.5 Å². The molecular weight excluding hydrogens is 474 g/mol. The number of carbonyl (C=O) groups excluding carboxylic acids is 4. The molecular formula is C28H27N3O6. The molecule has 1 atom stereocenters. The molecule has 0 radical (unpaired) electrons. The number of anilines is 3. The standard InChI is InChI=1S/C28H27N3O6/c1-18-3-11-24(12-4-18)37-25-13-9-23(10-14-25)31-16-20(15-27(31)34)28(35)36-17-26(33)30-22-7-5-21(6-8-22)29-19(2)32/h3-14,20H,15-17H2,1-2H3,(H,29,32)(H,30,33)/t20-/m1/s1. The van der Waals surface area contributed by atoms with Crippen molar-refractivity contribution in [1.29, 1.82) is 0 Å². The van der Waals surface area contributed by atoms with Crippen LogP contribution >= 0.6 is 0 Å². The average Bonchev–Trinajstić information content (AvgIpc) is 3.27. The Balaban J connectivity index is 1.26. The van der Waals surface area contributed by atoms with Crippen LogP contribution < -0.4 is 20.3 Å². The fourth-order valence-corrected chi connectivity index (χ4v) is 3.84. The van der Waals surface area contributed by atoms with Gasteiger partial charge in [-0.3, -0.25) is 19.2 Å². The van der Waals surface area contributed by atoms with Gasteiger partial charge in [-0.15, -0.1) is 0 Å². The van der Waals surface area contributed by atoms with Crippen LogP contribution in [0.5, 0.6) is 11.5 Å². The van der Waals surface area contributed by atoms with Crippen molar-refractivity contribution in [2.75, 3.05) is 28.7 Å². The van der Waals surface area contributed by atoms with Crippen LogP contribution in [0, 0.1) is 12.8 Å². The van der Waals surface area contributed by atoms with Gasteiger partial charge in [-0.1, -0.05) is 17.7 Å². The number of rotatable bonds is 8. The highest BCUT2D eigenvalue weighted by Gasteiger charge is 2.36. The van der Waals surface area contributed by atoms with Gasteiger partial charge >= 0.3 is 5.97 Å². The minimum Gasteiger partial charge on any atom is -0.457 e. The van der Waals surface area contributed by atoms with E-state index in [1.807, 2.05) is 31.2 Å². The summed E-state index contributed by atoms with van der Waals surface area (Å²) in [6, 6.07) is 21.3. The monoisotopic (exact) mass is 501 g/mol. The van der Waals surface area contributed by atoms with Gasteiger partial charge in [-0.05, 0) is 67.6 Å². The summed E-state index contributed by atoms with van der Waals surface area (Å²) in [4.78, 5) is 49.8. The molecule has 1 saturated heterocycles. The van der Waals surface area contributed by atoms with Gasteiger partial charge in [0, 0.05) is 37.0 Å². The first kappa shape index (κ1) is 25.4. The molecule has 37 heavy (non-hydrogen) atoms. The molecule has 0 aromatic heterocycles. The molecule has 9 nitrogen and oxygen atoms in total. The number of aryl methyl sites for hydroxylation is 1. The smallest absolute Gasteiger partial charge is 0.311 e. The van der Waals surface area contributed by atoms with Crippen LogP contribution in [0.1, 0.15) is 18.9 Å². The van der Waals surface area contributed by atoms with E-state index in [9.17, 15) is 19.2 Å². The summed E-state index contributed by atoms with van der Waals surface area (Å²) < 4.78 is 11.0. The Morgan fingerprint density at radius 2 is 1.43 bits per heavy atom. The topological polar surface area (TPSA) is 114 Å². The number of ether oxygens (including phenoxy) is 2. The maximum absolute atomic E-state index is 12.6. The van der Waals surface area contributed by atoms with E-state index < -0.39 is 24.4 Å². The maximum Gasteiger partial charge on any atom is 0.311 e. The van der Waals surface area contributed by atoms with Crippen molar-refractivity contribution in [3.63, 3.8) is 0 Å². The van der Waals surface area contributed by atoms with Gasteiger partial charge in [0.15, 0.2) is 6.61 Å². The summed E-state index contributed by atoms with van der Waals surface area (Å²) in [6.07, 6.45) is 0.00663. The third-order valence-electron chi connectivity index (χ3n) is 5.70. The zero-order valence-electron chi connectivity index (χ0n) is 20.5. The summed E-state index contributed by atoms with van der Waals surface area (Å²) in [5.74, 6) is -0.830. The second-order valence-electron chi connectivity index (χ2n) is 8.73. The molecule has 0 unspecified atom stereocenters. The SMILES string of the molecule is CC(=O)Nc1ccc(NC(=O)COC(=O)[C@@H]2CC(=O)N(c3ccc(Oc4ccc(C)cc4)cc3)C2)cc1. The number of hydrogen-bond acceptors (Lipinski definition) is 6. The quantitative estimate of drug-likeness (QED) is 0.446. The second-order valence-corrected chi connectivity index (χ2v) is 8.73. The molecule has 0 bridgehead atoms. The van der Waals surface area contributed by atoms with Crippen LogP contribution in [0.3, 0.4) is 0 Å². The number of hydrogen-bond donors (Lipinski definition) is 2. The third kappa shape index (κ3) is 6.94. The van der Waals surface area contributed by atoms with Crippen molar-refractivity contribution in [1.82, 2.24) is 0 Å². The molecule has 1 aliphatic rings.